The zero-order valence-electron chi connectivity index (χ0n) is 20.8. The lowest BCUT2D eigenvalue weighted by atomic mass is 9.84. The highest BCUT2D eigenvalue weighted by Crippen LogP contribution is 2.51. The van der Waals surface area contributed by atoms with E-state index in [1.165, 1.54) is 18.2 Å². The summed E-state index contributed by atoms with van der Waals surface area (Å²) in [6, 6.07) is 7.12. The molecule has 6 nitrogen and oxygen atoms in total. The van der Waals surface area contributed by atoms with Gasteiger partial charge in [-0.15, -0.1) is 0 Å². The molecule has 2 aliphatic rings. The second-order valence-electron chi connectivity index (χ2n) is 9.72. The average molecular weight is 573 g/mol. The monoisotopic (exact) mass is 572 g/mol. The van der Waals surface area contributed by atoms with Crippen LogP contribution in [0.15, 0.2) is 35.5 Å². The predicted octanol–water partition coefficient (Wildman–Crippen LogP) is 5.81. The Balaban J connectivity index is 1.60. The smallest absolute Gasteiger partial charge is 0.374 e. The molecule has 2 aromatic rings. The number of rotatable bonds is 6. The summed E-state index contributed by atoms with van der Waals surface area (Å²) in [5.41, 5.74) is -4.81. The van der Waals surface area contributed by atoms with Crippen molar-refractivity contribution in [1.29, 1.82) is 5.26 Å². The van der Waals surface area contributed by atoms with E-state index in [2.05, 4.69) is 16.5 Å². The standard InChI is InChI=1S/C26H23ClF6N4O2/c1-14-9-15(3-4-18(14)23(38)35-17-5-7-37(13-17)8-6-34)21-12-25(39-36-21,26(31,32)33)19-10-16(24(2,29)30)11-20(27)22(19)28/h3-4,9-11,17H,5,7-8,12-13H2,1-2H3,(H,35,38)/t17-,25+/m1/s1. The second-order valence-corrected chi connectivity index (χ2v) is 10.1. The van der Waals surface area contributed by atoms with Gasteiger partial charge in [0.05, 0.1) is 29.8 Å². The molecule has 0 radical (unpaired) electrons. The van der Waals surface area contributed by atoms with Crippen molar-refractivity contribution >= 4 is 23.2 Å². The Hall–Kier alpha value is -3.30. The summed E-state index contributed by atoms with van der Waals surface area (Å²) in [6.07, 6.45) is -5.59. The van der Waals surface area contributed by atoms with Crippen LogP contribution in [0.4, 0.5) is 26.3 Å². The number of alkyl halides is 5. The number of nitrogens with one attached hydrogen (secondary N) is 1. The first-order chi connectivity index (χ1) is 18.2. The van der Waals surface area contributed by atoms with E-state index in [1.54, 1.807) is 6.92 Å². The summed E-state index contributed by atoms with van der Waals surface area (Å²) in [4.78, 5) is 19.5. The van der Waals surface area contributed by atoms with Gasteiger partial charge in [0.25, 0.3) is 17.4 Å². The van der Waals surface area contributed by atoms with Crippen molar-refractivity contribution in [3.63, 3.8) is 0 Å². The number of aryl methyl sites for hydroxylation is 1. The number of carbonyl (C=O) groups excluding carboxylic acids is 1. The molecule has 2 aliphatic heterocycles. The fourth-order valence-corrected chi connectivity index (χ4v) is 4.95. The van der Waals surface area contributed by atoms with Gasteiger partial charge in [-0.2, -0.15) is 18.4 Å². The molecule has 2 heterocycles. The number of carbonyl (C=O) groups is 1. The van der Waals surface area contributed by atoms with Gasteiger partial charge in [-0.05, 0) is 48.7 Å². The van der Waals surface area contributed by atoms with E-state index >= 15 is 0 Å². The maximum atomic E-state index is 14.9. The molecular weight excluding hydrogens is 550 g/mol. The Morgan fingerprint density at radius 1 is 1.28 bits per heavy atom. The van der Waals surface area contributed by atoms with Gasteiger partial charge >= 0.3 is 6.18 Å². The topological polar surface area (TPSA) is 77.7 Å². The number of oxime groups is 1. The minimum atomic E-state index is -5.25. The van der Waals surface area contributed by atoms with Crippen LogP contribution in [-0.4, -0.2) is 48.4 Å². The highest BCUT2D eigenvalue weighted by atomic mass is 35.5. The maximum Gasteiger partial charge on any atom is 0.435 e. The zero-order valence-corrected chi connectivity index (χ0v) is 21.6. The number of nitrogens with zero attached hydrogens (tertiary/aromatic N) is 3. The summed E-state index contributed by atoms with van der Waals surface area (Å²) < 4.78 is 85.9. The number of hydrogen-bond donors (Lipinski definition) is 1. The molecule has 0 bridgehead atoms. The molecule has 208 valence electrons. The van der Waals surface area contributed by atoms with E-state index in [4.69, 9.17) is 21.7 Å². The largest absolute Gasteiger partial charge is 0.435 e. The molecule has 13 heteroatoms. The van der Waals surface area contributed by atoms with E-state index in [0.29, 0.717) is 44.1 Å². The van der Waals surface area contributed by atoms with Crippen molar-refractivity contribution in [3.05, 3.63) is 69.0 Å². The molecule has 39 heavy (non-hydrogen) atoms. The molecular formula is C26H23ClF6N4O2. The fraction of sp³-hybridized carbons (Fsp3) is 0.423. The zero-order chi connectivity index (χ0) is 28.8. The van der Waals surface area contributed by atoms with Gasteiger partial charge in [-0.3, -0.25) is 9.69 Å². The number of halogens is 7. The third-order valence-corrected chi connectivity index (χ3v) is 7.14. The number of nitriles is 1. The number of hydrogen-bond acceptors (Lipinski definition) is 5. The van der Waals surface area contributed by atoms with E-state index in [0.717, 1.165) is 0 Å². The molecule has 2 aromatic carbocycles. The lowest BCUT2D eigenvalue weighted by Crippen LogP contribution is -2.43. The first kappa shape index (κ1) is 28.7. The normalized spacial score (nSPS) is 21.8. The van der Waals surface area contributed by atoms with Crippen LogP contribution >= 0.6 is 11.6 Å². The number of amides is 1. The Morgan fingerprint density at radius 2 is 2.00 bits per heavy atom. The van der Waals surface area contributed by atoms with Crippen LogP contribution in [0.5, 0.6) is 0 Å². The van der Waals surface area contributed by atoms with Crippen LogP contribution in [-0.2, 0) is 16.4 Å². The molecule has 0 unspecified atom stereocenters. The molecule has 0 aliphatic carbocycles. The lowest BCUT2D eigenvalue weighted by molar-refractivity contribution is -0.276. The number of likely N-dealkylation sites (tertiary alicyclic amines) is 1. The fourth-order valence-electron chi connectivity index (χ4n) is 4.73. The predicted molar refractivity (Wildman–Crippen MR) is 130 cm³/mol. The van der Waals surface area contributed by atoms with Crippen LogP contribution in [0.25, 0.3) is 0 Å². The molecule has 1 saturated heterocycles. The van der Waals surface area contributed by atoms with Crippen LogP contribution in [0.3, 0.4) is 0 Å². The van der Waals surface area contributed by atoms with Crippen LogP contribution in [0.2, 0.25) is 5.02 Å². The summed E-state index contributed by atoms with van der Waals surface area (Å²) in [6.45, 7) is 3.49. The van der Waals surface area contributed by atoms with Gasteiger partial charge in [0.1, 0.15) is 5.82 Å². The van der Waals surface area contributed by atoms with E-state index in [9.17, 15) is 31.1 Å². The molecule has 1 amide bonds. The molecule has 0 aromatic heterocycles. The number of benzene rings is 2. The van der Waals surface area contributed by atoms with Crippen molar-refractivity contribution in [2.24, 2.45) is 5.16 Å². The van der Waals surface area contributed by atoms with Gasteiger partial charge in [0.15, 0.2) is 0 Å². The quantitative estimate of drug-likeness (QED) is 0.350. The van der Waals surface area contributed by atoms with Crippen molar-refractivity contribution < 1.29 is 36.0 Å². The minimum absolute atomic E-state index is 0.155. The van der Waals surface area contributed by atoms with Gasteiger partial charge in [-0.1, -0.05) is 22.8 Å². The highest BCUT2D eigenvalue weighted by Gasteiger charge is 2.64. The molecule has 0 spiro atoms. The van der Waals surface area contributed by atoms with Crippen LogP contribution < -0.4 is 5.32 Å². The maximum absolute atomic E-state index is 14.9. The Labute approximate surface area is 225 Å². The van der Waals surface area contributed by atoms with Crippen molar-refractivity contribution in [3.8, 4) is 6.07 Å². The van der Waals surface area contributed by atoms with E-state index < -0.39 is 46.1 Å². The molecule has 0 saturated carbocycles. The molecule has 1 fully saturated rings. The van der Waals surface area contributed by atoms with Crippen molar-refractivity contribution in [2.75, 3.05) is 19.6 Å². The molecule has 2 atom stereocenters. The first-order valence-corrected chi connectivity index (χ1v) is 12.2. The van der Waals surface area contributed by atoms with E-state index in [-0.39, 0.29) is 35.3 Å². The van der Waals surface area contributed by atoms with E-state index in [1.807, 2.05) is 4.90 Å². The Bertz CT molecular complexity index is 1370. The Morgan fingerprint density at radius 3 is 2.62 bits per heavy atom. The third-order valence-electron chi connectivity index (χ3n) is 6.86. The van der Waals surface area contributed by atoms with Crippen molar-refractivity contribution in [2.45, 2.75) is 50.4 Å². The summed E-state index contributed by atoms with van der Waals surface area (Å²) >= 11 is 5.70. The van der Waals surface area contributed by atoms with Crippen LogP contribution in [0, 0.1) is 24.1 Å². The van der Waals surface area contributed by atoms with Crippen molar-refractivity contribution in [1.82, 2.24) is 10.2 Å². The minimum Gasteiger partial charge on any atom is -0.374 e. The van der Waals surface area contributed by atoms with Gasteiger partial charge in [0, 0.05) is 42.7 Å². The highest BCUT2D eigenvalue weighted by molar-refractivity contribution is 6.30. The van der Waals surface area contributed by atoms with Gasteiger partial charge in [0.2, 0.25) is 0 Å². The summed E-state index contributed by atoms with van der Waals surface area (Å²) in [5, 5.41) is 14.4. The summed E-state index contributed by atoms with van der Waals surface area (Å²) in [5.74, 6) is -5.52. The van der Waals surface area contributed by atoms with Crippen LogP contribution in [0.1, 0.15) is 52.4 Å². The first-order valence-electron chi connectivity index (χ1n) is 11.9. The third kappa shape index (κ3) is 5.56. The summed E-state index contributed by atoms with van der Waals surface area (Å²) in [7, 11) is 0. The van der Waals surface area contributed by atoms with Gasteiger partial charge in [-0.25, -0.2) is 13.2 Å². The lowest BCUT2D eigenvalue weighted by Gasteiger charge is -2.30. The SMILES string of the molecule is Cc1cc(C2=NO[C@@](c3cc(C(C)(F)F)cc(Cl)c3F)(C(F)(F)F)C2)ccc1C(=O)N[C@@H]1CCN(CC#N)C1. The molecule has 1 N–H and O–H groups in total. The van der Waals surface area contributed by atoms with Gasteiger partial charge < -0.3 is 10.2 Å². The average Bonchev–Trinajstić information content (AvgIpc) is 3.48. The Kier molecular flexibility index (Phi) is 7.62. The molecule has 4 rings (SSSR count). The second kappa shape index (κ2) is 10.4.